The lowest BCUT2D eigenvalue weighted by molar-refractivity contribution is -0.122. The zero-order valence-electron chi connectivity index (χ0n) is 15.7. The van der Waals surface area contributed by atoms with Gasteiger partial charge in [-0.3, -0.25) is 4.79 Å². The summed E-state index contributed by atoms with van der Waals surface area (Å²) in [5.41, 5.74) is 2.76. The smallest absolute Gasteiger partial charge is 0.265 e. The molecule has 0 spiro atoms. The molecule has 0 heterocycles. The lowest BCUT2D eigenvalue weighted by Crippen LogP contribution is -2.30. The van der Waals surface area contributed by atoms with E-state index in [1.54, 1.807) is 13.0 Å². The molecule has 3 rings (SSSR count). The summed E-state index contributed by atoms with van der Waals surface area (Å²) in [5, 5.41) is 2.89. The van der Waals surface area contributed by atoms with E-state index in [1.807, 2.05) is 80.6 Å². The first-order valence-electron chi connectivity index (χ1n) is 8.89. The van der Waals surface area contributed by atoms with Gasteiger partial charge in [0.05, 0.1) is 5.69 Å². The second-order valence-electron chi connectivity index (χ2n) is 6.43. The minimum Gasteiger partial charge on any atom is -0.481 e. The molecule has 3 aromatic carbocycles. The van der Waals surface area contributed by atoms with E-state index in [1.165, 1.54) is 0 Å². The fourth-order valence-electron chi connectivity index (χ4n) is 2.68. The largest absolute Gasteiger partial charge is 0.481 e. The number of nitrogens with one attached hydrogen (secondary N) is 1. The SMILES string of the molecule is Cc1ccc(O[C@H](C)C(=O)Nc2ccccc2Oc2ccccc2)c(C)c1. The summed E-state index contributed by atoms with van der Waals surface area (Å²) in [7, 11) is 0. The Labute approximate surface area is 159 Å². The molecule has 0 unspecified atom stereocenters. The highest BCUT2D eigenvalue weighted by molar-refractivity contribution is 5.95. The minimum atomic E-state index is -0.642. The normalized spacial score (nSPS) is 11.5. The van der Waals surface area contributed by atoms with Gasteiger partial charge in [-0.05, 0) is 56.7 Å². The average Bonchev–Trinajstić information content (AvgIpc) is 2.66. The third-order valence-electron chi connectivity index (χ3n) is 4.12. The van der Waals surface area contributed by atoms with Crippen LogP contribution in [0.15, 0.2) is 72.8 Å². The van der Waals surface area contributed by atoms with E-state index in [0.29, 0.717) is 22.9 Å². The molecular formula is C23H23NO3. The average molecular weight is 361 g/mol. The van der Waals surface area contributed by atoms with Gasteiger partial charge >= 0.3 is 0 Å². The van der Waals surface area contributed by atoms with Crippen LogP contribution in [0.1, 0.15) is 18.1 Å². The number of benzene rings is 3. The van der Waals surface area contributed by atoms with Gasteiger partial charge in [-0.25, -0.2) is 0 Å². The molecule has 138 valence electrons. The number of amides is 1. The van der Waals surface area contributed by atoms with E-state index in [0.717, 1.165) is 11.1 Å². The van der Waals surface area contributed by atoms with E-state index in [9.17, 15) is 4.79 Å². The Bertz CT molecular complexity index is 922. The van der Waals surface area contributed by atoms with Crippen LogP contribution in [0.4, 0.5) is 5.69 Å². The van der Waals surface area contributed by atoms with Crippen molar-refractivity contribution in [2.24, 2.45) is 0 Å². The second kappa shape index (κ2) is 8.41. The van der Waals surface area contributed by atoms with E-state index >= 15 is 0 Å². The summed E-state index contributed by atoms with van der Waals surface area (Å²) in [4.78, 5) is 12.6. The molecule has 1 amide bonds. The summed E-state index contributed by atoms with van der Waals surface area (Å²) in [6.45, 7) is 5.72. The van der Waals surface area contributed by atoms with Crippen molar-refractivity contribution >= 4 is 11.6 Å². The molecule has 0 saturated carbocycles. The maximum Gasteiger partial charge on any atom is 0.265 e. The number of hydrogen-bond acceptors (Lipinski definition) is 3. The quantitative estimate of drug-likeness (QED) is 0.630. The van der Waals surface area contributed by atoms with Gasteiger partial charge in [-0.15, -0.1) is 0 Å². The fraction of sp³-hybridized carbons (Fsp3) is 0.174. The third kappa shape index (κ3) is 4.88. The molecule has 3 aromatic rings. The molecule has 0 saturated heterocycles. The highest BCUT2D eigenvalue weighted by Crippen LogP contribution is 2.29. The molecule has 4 nitrogen and oxygen atoms in total. The van der Waals surface area contributed by atoms with Crippen molar-refractivity contribution in [2.75, 3.05) is 5.32 Å². The van der Waals surface area contributed by atoms with E-state index in [2.05, 4.69) is 5.32 Å². The Balaban J connectivity index is 1.70. The Morgan fingerprint density at radius 1 is 0.889 bits per heavy atom. The van der Waals surface area contributed by atoms with Gasteiger partial charge in [0.15, 0.2) is 11.9 Å². The molecule has 0 aromatic heterocycles. The monoisotopic (exact) mass is 361 g/mol. The topological polar surface area (TPSA) is 47.6 Å². The van der Waals surface area contributed by atoms with Crippen LogP contribution >= 0.6 is 0 Å². The Morgan fingerprint density at radius 3 is 2.33 bits per heavy atom. The van der Waals surface area contributed by atoms with Crippen LogP contribution in [0.25, 0.3) is 0 Å². The molecule has 0 fully saturated rings. The molecule has 0 bridgehead atoms. The number of aryl methyl sites for hydroxylation is 2. The van der Waals surface area contributed by atoms with Crippen molar-refractivity contribution in [1.82, 2.24) is 0 Å². The zero-order valence-corrected chi connectivity index (χ0v) is 15.7. The molecule has 0 aliphatic carbocycles. The molecule has 1 atom stereocenters. The van der Waals surface area contributed by atoms with Gasteiger partial charge in [-0.1, -0.05) is 48.0 Å². The first-order valence-corrected chi connectivity index (χ1v) is 8.89. The van der Waals surface area contributed by atoms with Crippen LogP contribution in [0, 0.1) is 13.8 Å². The minimum absolute atomic E-state index is 0.237. The molecule has 27 heavy (non-hydrogen) atoms. The summed E-state index contributed by atoms with van der Waals surface area (Å²) in [6, 6.07) is 22.7. The molecule has 1 N–H and O–H groups in total. The van der Waals surface area contributed by atoms with Gasteiger partial charge in [0.2, 0.25) is 0 Å². The van der Waals surface area contributed by atoms with Crippen LogP contribution in [0.3, 0.4) is 0 Å². The lowest BCUT2D eigenvalue weighted by Gasteiger charge is -2.18. The number of ether oxygens (including phenoxy) is 2. The maximum atomic E-state index is 12.6. The van der Waals surface area contributed by atoms with Crippen LogP contribution in [0.2, 0.25) is 0 Å². The molecule has 0 aliphatic heterocycles. The van der Waals surface area contributed by atoms with Gasteiger partial charge in [0.1, 0.15) is 11.5 Å². The van der Waals surface area contributed by atoms with E-state index < -0.39 is 6.10 Å². The zero-order chi connectivity index (χ0) is 19.2. The summed E-state index contributed by atoms with van der Waals surface area (Å²) < 4.78 is 11.7. The van der Waals surface area contributed by atoms with Gasteiger partial charge in [-0.2, -0.15) is 0 Å². The van der Waals surface area contributed by atoms with Gasteiger partial charge in [0.25, 0.3) is 5.91 Å². The van der Waals surface area contributed by atoms with Gasteiger partial charge in [0, 0.05) is 0 Å². The number of carbonyl (C=O) groups excluding carboxylic acids is 1. The highest BCUT2D eigenvalue weighted by Gasteiger charge is 2.17. The predicted octanol–water partition coefficient (Wildman–Crippen LogP) is 5.50. The maximum absolute atomic E-state index is 12.6. The summed E-state index contributed by atoms with van der Waals surface area (Å²) in [5.74, 6) is 1.76. The van der Waals surface area contributed by atoms with Gasteiger partial charge < -0.3 is 14.8 Å². The highest BCUT2D eigenvalue weighted by atomic mass is 16.5. The van der Waals surface area contributed by atoms with E-state index in [4.69, 9.17) is 9.47 Å². The lowest BCUT2D eigenvalue weighted by atomic mass is 10.1. The first-order chi connectivity index (χ1) is 13.0. The van der Waals surface area contributed by atoms with Crippen LogP contribution in [-0.2, 0) is 4.79 Å². The van der Waals surface area contributed by atoms with Crippen molar-refractivity contribution in [3.8, 4) is 17.2 Å². The van der Waals surface area contributed by atoms with Crippen molar-refractivity contribution < 1.29 is 14.3 Å². The third-order valence-corrected chi connectivity index (χ3v) is 4.12. The Morgan fingerprint density at radius 2 is 1.59 bits per heavy atom. The van der Waals surface area contributed by atoms with Crippen molar-refractivity contribution in [1.29, 1.82) is 0 Å². The predicted molar refractivity (Wildman–Crippen MR) is 108 cm³/mol. The molecule has 0 radical (unpaired) electrons. The summed E-state index contributed by atoms with van der Waals surface area (Å²) >= 11 is 0. The number of rotatable bonds is 6. The van der Waals surface area contributed by atoms with Crippen LogP contribution in [0.5, 0.6) is 17.2 Å². The number of carbonyl (C=O) groups is 1. The summed E-state index contributed by atoms with van der Waals surface area (Å²) in [6.07, 6.45) is -0.642. The van der Waals surface area contributed by atoms with E-state index in [-0.39, 0.29) is 5.91 Å². The molecular weight excluding hydrogens is 338 g/mol. The Kier molecular flexibility index (Phi) is 5.77. The van der Waals surface area contributed by atoms with Crippen LogP contribution in [-0.4, -0.2) is 12.0 Å². The number of anilines is 1. The van der Waals surface area contributed by atoms with Crippen LogP contribution < -0.4 is 14.8 Å². The second-order valence-corrected chi connectivity index (χ2v) is 6.43. The Hall–Kier alpha value is -3.27. The standard InChI is InChI=1S/C23H23NO3/c1-16-13-14-21(17(2)15-16)26-18(3)23(25)24-20-11-7-8-12-22(20)27-19-9-5-4-6-10-19/h4-15,18H,1-3H3,(H,24,25)/t18-/m1/s1. The number of para-hydroxylation sites is 3. The first kappa shape index (κ1) is 18.5. The molecule has 4 heteroatoms. The number of hydrogen-bond donors (Lipinski definition) is 1. The fourth-order valence-corrected chi connectivity index (χ4v) is 2.68. The molecule has 0 aliphatic rings. The van der Waals surface area contributed by atoms with Crippen molar-refractivity contribution in [3.05, 3.63) is 83.9 Å². The van der Waals surface area contributed by atoms with Crippen molar-refractivity contribution in [2.45, 2.75) is 26.9 Å². The van der Waals surface area contributed by atoms with Crippen molar-refractivity contribution in [3.63, 3.8) is 0 Å².